The van der Waals surface area contributed by atoms with Crippen LogP contribution in [0, 0.1) is 0 Å². The molecule has 0 unspecified atom stereocenters. The molecule has 0 amide bonds. The van der Waals surface area contributed by atoms with E-state index in [4.69, 9.17) is 15.1 Å². The van der Waals surface area contributed by atoms with Gasteiger partial charge in [0.05, 0.1) is 6.04 Å². The van der Waals surface area contributed by atoms with Gasteiger partial charge in [-0.3, -0.25) is 4.84 Å². The van der Waals surface area contributed by atoms with Crippen molar-refractivity contribution in [3.63, 3.8) is 0 Å². The van der Waals surface area contributed by atoms with Gasteiger partial charge in [-0.25, -0.2) is 0 Å². The minimum absolute atomic E-state index is 0. The van der Waals surface area contributed by atoms with E-state index in [2.05, 4.69) is 5.48 Å². The molecule has 60 valence electrons. The second kappa shape index (κ2) is 2.64. The molecule has 3 N–H and O–H groups in total. The first-order valence-corrected chi connectivity index (χ1v) is 3.06. The third-order valence-electron chi connectivity index (χ3n) is 2.00. The standard InChI is InChI=1S/C5H9NO3.ClH/c7-4-2-1-3(5(4)8)9-6-2;/h2-8H,1H2;1H/t2-,3+,4+,5-;/m0./s1. The van der Waals surface area contributed by atoms with Gasteiger partial charge in [-0.15, -0.1) is 12.4 Å². The van der Waals surface area contributed by atoms with Crippen LogP contribution in [-0.2, 0) is 4.84 Å². The van der Waals surface area contributed by atoms with E-state index < -0.39 is 12.2 Å². The molecule has 4 atom stereocenters. The normalized spacial score (nSPS) is 51.0. The minimum Gasteiger partial charge on any atom is -0.389 e. The van der Waals surface area contributed by atoms with Crippen LogP contribution in [0.5, 0.6) is 0 Å². The lowest BCUT2D eigenvalue weighted by atomic mass is 10.2. The zero-order valence-electron chi connectivity index (χ0n) is 5.23. The molecule has 2 fully saturated rings. The van der Waals surface area contributed by atoms with Crippen molar-refractivity contribution < 1.29 is 15.1 Å². The smallest absolute Gasteiger partial charge is 0.110 e. The van der Waals surface area contributed by atoms with Gasteiger partial charge >= 0.3 is 0 Å². The Labute approximate surface area is 64.5 Å². The maximum atomic E-state index is 9.10. The number of hydroxylamine groups is 1. The largest absolute Gasteiger partial charge is 0.389 e. The van der Waals surface area contributed by atoms with E-state index >= 15 is 0 Å². The summed E-state index contributed by atoms with van der Waals surface area (Å²) < 4.78 is 0. The highest BCUT2D eigenvalue weighted by Gasteiger charge is 2.47. The van der Waals surface area contributed by atoms with Crippen molar-refractivity contribution in [3.8, 4) is 0 Å². The minimum atomic E-state index is -0.684. The van der Waals surface area contributed by atoms with Crippen LogP contribution in [0.25, 0.3) is 0 Å². The molecule has 2 rings (SSSR count). The van der Waals surface area contributed by atoms with E-state index in [1.807, 2.05) is 0 Å². The second-order valence-electron chi connectivity index (χ2n) is 2.60. The number of fused-ring (bicyclic) bond motifs is 2. The molecule has 0 aromatic heterocycles. The zero-order chi connectivity index (χ0) is 6.43. The van der Waals surface area contributed by atoms with E-state index in [0.29, 0.717) is 0 Å². The highest BCUT2D eigenvalue weighted by molar-refractivity contribution is 5.85. The number of halogens is 1. The van der Waals surface area contributed by atoms with E-state index in [9.17, 15) is 0 Å². The fourth-order valence-electron chi connectivity index (χ4n) is 1.40. The number of nitrogens with one attached hydrogen (secondary N) is 1. The summed E-state index contributed by atoms with van der Waals surface area (Å²) in [7, 11) is 0. The molecule has 1 saturated heterocycles. The predicted octanol–water partition coefficient (Wildman–Crippen LogP) is -1.19. The third-order valence-corrected chi connectivity index (χ3v) is 2.00. The summed E-state index contributed by atoms with van der Waals surface area (Å²) in [5.74, 6) is 0. The fourth-order valence-corrected chi connectivity index (χ4v) is 1.40. The van der Waals surface area contributed by atoms with Gasteiger partial charge in [0.15, 0.2) is 0 Å². The first-order valence-electron chi connectivity index (χ1n) is 3.06. The Bertz CT molecular complexity index is 116. The highest BCUT2D eigenvalue weighted by Crippen LogP contribution is 2.28. The van der Waals surface area contributed by atoms with Crippen LogP contribution in [0.2, 0.25) is 0 Å². The van der Waals surface area contributed by atoms with Crippen molar-refractivity contribution in [2.45, 2.75) is 30.8 Å². The molecule has 1 aliphatic carbocycles. The fraction of sp³-hybridized carbons (Fsp3) is 1.00. The van der Waals surface area contributed by atoms with Crippen LogP contribution < -0.4 is 5.48 Å². The summed E-state index contributed by atoms with van der Waals surface area (Å²) >= 11 is 0. The highest BCUT2D eigenvalue weighted by atomic mass is 35.5. The monoisotopic (exact) mass is 167 g/mol. The summed E-state index contributed by atoms with van der Waals surface area (Å²) in [5.41, 5.74) is 2.63. The molecule has 1 saturated carbocycles. The van der Waals surface area contributed by atoms with Crippen LogP contribution in [0.15, 0.2) is 0 Å². The number of hydrogen-bond donors (Lipinski definition) is 3. The number of aliphatic hydroxyl groups is 2. The SMILES string of the molecule is Cl.O[C@@H]1[C@H](O)[C@@H]2C[C@H]1ON2. The molecule has 0 radical (unpaired) electrons. The van der Waals surface area contributed by atoms with E-state index in [0.717, 1.165) is 6.42 Å². The van der Waals surface area contributed by atoms with Crippen LogP contribution in [0.3, 0.4) is 0 Å². The third kappa shape index (κ3) is 0.926. The molecule has 4 nitrogen and oxygen atoms in total. The molecule has 2 bridgehead atoms. The first kappa shape index (κ1) is 8.23. The van der Waals surface area contributed by atoms with Gasteiger partial charge in [-0.1, -0.05) is 0 Å². The zero-order valence-corrected chi connectivity index (χ0v) is 6.04. The van der Waals surface area contributed by atoms with Gasteiger partial charge < -0.3 is 10.2 Å². The van der Waals surface area contributed by atoms with Gasteiger partial charge in [0.1, 0.15) is 18.3 Å². The summed E-state index contributed by atoms with van der Waals surface area (Å²) in [6.07, 6.45) is -0.785. The van der Waals surface area contributed by atoms with E-state index in [1.165, 1.54) is 0 Å². The average molecular weight is 168 g/mol. The summed E-state index contributed by atoms with van der Waals surface area (Å²) in [4.78, 5) is 4.87. The maximum absolute atomic E-state index is 9.10. The molecule has 5 heteroatoms. The Kier molecular flexibility index (Phi) is 2.17. The van der Waals surface area contributed by atoms with Crippen molar-refractivity contribution >= 4 is 12.4 Å². The quantitative estimate of drug-likeness (QED) is 0.425. The molecule has 10 heavy (non-hydrogen) atoms. The van der Waals surface area contributed by atoms with Crippen LogP contribution in [0.1, 0.15) is 6.42 Å². The Balaban J connectivity index is 0.000000500. The average Bonchev–Trinajstić information content (AvgIpc) is 2.37. The molecule has 0 aromatic rings. The maximum Gasteiger partial charge on any atom is 0.110 e. The lowest BCUT2D eigenvalue weighted by Gasteiger charge is -2.22. The van der Waals surface area contributed by atoms with Crippen molar-refractivity contribution in [3.05, 3.63) is 0 Å². The van der Waals surface area contributed by atoms with Gasteiger partial charge in [0.25, 0.3) is 0 Å². The van der Waals surface area contributed by atoms with Crippen molar-refractivity contribution in [1.82, 2.24) is 5.48 Å². The van der Waals surface area contributed by atoms with E-state index in [-0.39, 0.29) is 24.6 Å². The van der Waals surface area contributed by atoms with Gasteiger partial charge in [0.2, 0.25) is 0 Å². The van der Waals surface area contributed by atoms with E-state index in [1.54, 1.807) is 0 Å². The van der Waals surface area contributed by atoms with Crippen LogP contribution >= 0.6 is 12.4 Å². The molecular formula is C5H10ClNO3. The lowest BCUT2D eigenvalue weighted by Crippen LogP contribution is -2.45. The van der Waals surface area contributed by atoms with Gasteiger partial charge in [-0.2, -0.15) is 5.48 Å². The Hall–Kier alpha value is 0.130. The Morgan fingerprint density at radius 2 is 2.00 bits per heavy atom. The van der Waals surface area contributed by atoms with Crippen molar-refractivity contribution in [2.24, 2.45) is 0 Å². The molecule has 1 aliphatic heterocycles. The second-order valence-corrected chi connectivity index (χ2v) is 2.60. The van der Waals surface area contributed by atoms with Gasteiger partial charge in [-0.05, 0) is 6.42 Å². The van der Waals surface area contributed by atoms with Gasteiger partial charge in [0, 0.05) is 0 Å². The van der Waals surface area contributed by atoms with Crippen LogP contribution in [-0.4, -0.2) is 34.6 Å². The molecule has 1 heterocycles. The number of hydrogen-bond acceptors (Lipinski definition) is 4. The Morgan fingerprint density at radius 1 is 1.30 bits per heavy atom. The number of rotatable bonds is 0. The predicted molar refractivity (Wildman–Crippen MR) is 35.7 cm³/mol. The van der Waals surface area contributed by atoms with Crippen LogP contribution in [0.4, 0.5) is 0 Å². The summed E-state index contributed by atoms with van der Waals surface area (Å²) in [6, 6.07) is -0.0509. The summed E-state index contributed by atoms with van der Waals surface area (Å²) in [6.45, 7) is 0. The molecule has 2 aliphatic rings. The Morgan fingerprint density at radius 3 is 2.30 bits per heavy atom. The topological polar surface area (TPSA) is 61.7 Å². The summed E-state index contributed by atoms with van der Waals surface area (Å²) in [5, 5.41) is 18.2. The molecule has 0 spiro atoms. The number of aliphatic hydroxyl groups excluding tert-OH is 2. The first-order chi connectivity index (χ1) is 4.29. The lowest BCUT2D eigenvalue weighted by molar-refractivity contribution is -0.125. The van der Waals surface area contributed by atoms with Crippen molar-refractivity contribution in [2.75, 3.05) is 0 Å². The molecular weight excluding hydrogens is 158 g/mol. The molecule has 0 aromatic carbocycles. The van der Waals surface area contributed by atoms with Crippen molar-refractivity contribution in [1.29, 1.82) is 0 Å².